The van der Waals surface area contributed by atoms with Crippen molar-refractivity contribution in [1.82, 2.24) is 14.8 Å². The highest BCUT2D eigenvalue weighted by molar-refractivity contribution is 7.98. The molecule has 3 nitrogen and oxygen atoms in total. The molecule has 4 rings (SSSR count). The van der Waals surface area contributed by atoms with Gasteiger partial charge in [-0.25, -0.2) is 4.39 Å². The highest BCUT2D eigenvalue weighted by Gasteiger charge is 2.20. The van der Waals surface area contributed by atoms with Gasteiger partial charge >= 0.3 is 0 Å². The molecular weight excluding hydrogens is 452 g/mol. The molecule has 0 saturated heterocycles. The number of halogens is 4. The summed E-state index contributed by atoms with van der Waals surface area (Å²) in [6.07, 6.45) is 0. The minimum absolute atomic E-state index is 0.345. The lowest BCUT2D eigenvalue weighted by molar-refractivity contribution is 0.613. The molecule has 0 atom stereocenters. The summed E-state index contributed by atoms with van der Waals surface area (Å²) in [5.41, 5.74) is 1.90. The molecule has 0 fully saturated rings. The molecule has 0 N–H and O–H groups in total. The van der Waals surface area contributed by atoms with Crippen LogP contribution in [-0.4, -0.2) is 14.8 Å². The Morgan fingerprint density at radius 3 is 2.38 bits per heavy atom. The van der Waals surface area contributed by atoms with Crippen LogP contribution in [-0.2, 0) is 5.75 Å². The van der Waals surface area contributed by atoms with Gasteiger partial charge in [-0.3, -0.25) is 4.57 Å². The molecule has 0 saturated carbocycles. The summed E-state index contributed by atoms with van der Waals surface area (Å²) in [4.78, 5) is 0. The third-order valence-electron chi connectivity index (χ3n) is 4.21. The molecule has 0 radical (unpaired) electrons. The van der Waals surface area contributed by atoms with E-state index in [0.29, 0.717) is 43.1 Å². The average molecular weight is 465 g/mol. The quantitative estimate of drug-likeness (QED) is 0.290. The zero-order chi connectivity index (χ0) is 20.4. The Morgan fingerprint density at radius 2 is 1.62 bits per heavy atom. The van der Waals surface area contributed by atoms with Crippen LogP contribution in [0.1, 0.15) is 5.56 Å². The highest BCUT2D eigenvalue weighted by atomic mass is 35.5. The van der Waals surface area contributed by atoms with Crippen molar-refractivity contribution in [3.8, 4) is 17.1 Å². The van der Waals surface area contributed by atoms with Crippen LogP contribution in [0.15, 0.2) is 71.9 Å². The number of aromatic nitrogens is 3. The molecule has 0 unspecified atom stereocenters. The number of hydrogen-bond acceptors (Lipinski definition) is 3. The van der Waals surface area contributed by atoms with Crippen LogP contribution < -0.4 is 0 Å². The maximum atomic E-state index is 14.6. The summed E-state index contributed by atoms with van der Waals surface area (Å²) in [6.45, 7) is 0. The van der Waals surface area contributed by atoms with Gasteiger partial charge in [0.25, 0.3) is 0 Å². The van der Waals surface area contributed by atoms with Gasteiger partial charge in [-0.2, -0.15) is 0 Å². The smallest absolute Gasteiger partial charge is 0.196 e. The molecule has 0 aliphatic heterocycles. The molecule has 0 amide bonds. The van der Waals surface area contributed by atoms with Crippen LogP contribution in [0.25, 0.3) is 17.1 Å². The van der Waals surface area contributed by atoms with Crippen LogP contribution in [0, 0.1) is 5.82 Å². The second-order valence-electron chi connectivity index (χ2n) is 6.10. The maximum Gasteiger partial charge on any atom is 0.196 e. The van der Waals surface area contributed by atoms with Crippen molar-refractivity contribution in [2.24, 2.45) is 0 Å². The van der Waals surface area contributed by atoms with Crippen molar-refractivity contribution in [3.63, 3.8) is 0 Å². The first-order chi connectivity index (χ1) is 14.0. The van der Waals surface area contributed by atoms with E-state index >= 15 is 0 Å². The second kappa shape index (κ2) is 8.76. The lowest BCUT2D eigenvalue weighted by atomic mass is 10.2. The molecule has 4 aromatic rings. The first-order valence-electron chi connectivity index (χ1n) is 8.56. The molecular formula is C21H13Cl3FN3S. The standard InChI is InChI=1S/C21H13Cl3FN3S/c22-14-10-9-13(17(24)11-14)12-29-21-27-26-20(15-5-1-2-6-16(15)23)28(21)19-8-4-3-7-18(19)25/h1-11H,12H2. The van der Waals surface area contributed by atoms with E-state index in [9.17, 15) is 4.39 Å². The summed E-state index contributed by atoms with van der Waals surface area (Å²) in [5.74, 6) is 0.600. The number of rotatable bonds is 5. The zero-order valence-corrected chi connectivity index (χ0v) is 17.9. The Bertz CT molecular complexity index is 1180. The fourth-order valence-corrected chi connectivity index (χ4v) is 4.54. The highest BCUT2D eigenvalue weighted by Crippen LogP contribution is 2.34. The van der Waals surface area contributed by atoms with Crippen LogP contribution in [0.2, 0.25) is 15.1 Å². The average Bonchev–Trinajstić information content (AvgIpc) is 3.11. The van der Waals surface area contributed by atoms with Crippen molar-refractivity contribution < 1.29 is 4.39 Å². The summed E-state index contributed by atoms with van der Waals surface area (Å²) in [7, 11) is 0. The third kappa shape index (κ3) is 4.28. The fraction of sp³-hybridized carbons (Fsp3) is 0.0476. The van der Waals surface area contributed by atoms with Crippen molar-refractivity contribution >= 4 is 46.6 Å². The summed E-state index contributed by atoms with van der Waals surface area (Å²) >= 11 is 20.0. The SMILES string of the molecule is Fc1ccccc1-n1c(SCc2ccc(Cl)cc2Cl)nnc1-c1ccccc1Cl. The van der Waals surface area contributed by atoms with E-state index in [1.54, 1.807) is 41.0 Å². The molecule has 3 aromatic carbocycles. The van der Waals surface area contributed by atoms with Gasteiger partial charge in [-0.1, -0.05) is 76.9 Å². The van der Waals surface area contributed by atoms with Crippen LogP contribution in [0.3, 0.4) is 0 Å². The van der Waals surface area contributed by atoms with Gasteiger partial charge < -0.3 is 0 Å². The molecule has 1 heterocycles. The Labute approximate surface area is 186 Å². The predicted octanol–water partition coefficient (Wildman–Crippen LogP) is 7.33. The topological polar surface area (TPSA) is 30.7 Å². The minimum Gasteiger partial charge on any atom is -0.267 e. The Kier molecular flexibility index (Phi) is 6.11. The Morgan fingerprint density at radius 1 is 0.862 bits per heavy atom. The maximum absolute atomic E-state index is 14.6. The van der Waals surface area contributed by atoms with Gasteiger partial charge in [-0.05, 0) is 42.0 Å². The molecule has 8 heteroatoms. The second-order valence-corrected chi connectivity index (χ2v) is 8.29. The number of thioether (sulfide) groups is 1. The number of hydrogen-bond donors (Lipinski definition) is 0. The Balaban J connectivity index is 1.78. The van der Waals surface area contributed by atoms with Gasteiger partial charge in [0, 0.05) is 21.4 Å². The molecule has 0 bridgehead atoms. The first kappa shape index (κ1) is 20.2. The minimum atomic E-state index is -0.382. The molecule has 0 spiro atoms. The van der Waals surface area contributed by atoms with Gasteiger partial charge in [-0.15, -0.1) is 10.2 Å². The Hall–Kier alpha value is -2.05. The summed E-state index contributed by atoms with van der Waals surface area (Å²) < 4.78 is 16.3. The van der Waals surface area contributed by atoms with Crippen LogP contribution >= 0.6 is 46.6 Å². The van der Waals surface area contributed by atoms with Crippen LogP contribution in [0.4, 0.5) is 4.39 Å². The van der Waals surface area contributed by atoms with Crippen molar-refractivity contribution in [1.29, 1.82) is 0 Å². The van der Waals surface area contributed by atoms with Crippen molar-refractivity contribution in [2.45, 2.75) is 10.9 Å². The molecule has 146 valence electrons. The van der Waals surface area contributed by atoms with E-state index in [4.69, 9.17) is 34.8 Å². The van der Waals surface area contributed by atoms with E-state index < -0.39 is 0 Å². The van der Waals surface area contributed by atoms with E-state index in [1.165, 1.54) is 17.8 Å². The van der Waals surface area contributed by atoms with E-state index in [-0.39, 0.29) is 5.82 Å². The van der Waals surface area contributed by atoms with Gasteiger partial charge in [0.15, 0.2) is 11.0 Å². The van der Waals surface area contributed by atoms with Gasteiger partial charge in [0.1, 0.15) is 5.82 Å². The normalized spacial score (nSPS) is 11.0. The van der Waals surface area contributed by atoms with Crippen LogP contribution in [0.5, 0.6) is 0 Å². The molecule has 29 heavy (non-hydrogen) atoms. The van der Waals surface area contributed by atoms with E-state index in [1.807, 2.05) is 24.3 Å². The third-order valence-corrected chi connectivity index (χ3v) is 6.11. The molecule has 1 aromatic heterocycles. The largest absolute Gasteiger partial charge is 0.267 e. The summed E-state index contributed by atoms with van der Waals surface area (Å²) in [6, 6.07) is 19.1. The van der Waals surface area contributed by atoms with Crippen molar-refractivity contribution in [3.05, 3.63) is 93.2 Å². The van der Waals surface area contributed by atoms with Gasteiger partial charge in [0.2, 0.25) is 0 Å². The summed E-state index contributed by atoms with van der Waals surface area (Å²) in [5, 5.41) is 10.8. The van der Waals surface area contributed by atoms with Gasteiger partial charge in [0.05, 0.1) is 10.7 Å². The molecule has 0 aliphatic rings. The lowest BCUT2D eigenvalue weighted by Gasteiger charge is -2.12. The zero-order valence-electron chi connectivity index (χ0n) is 14.8. The lowest BCUT2D eigenvalue weighted by Crippen LogP contribution is -2.02. The fourth-order valence-electron chi connectivity index (χ4n) is 2.81. The van der Waals surface area contributed by atoms with Crippen molar-refractivity contribution in [2.75, 3.05) is 0 Å². The first-order valence-corrected chi connectivity index (χ1v) is 10.7. The molecule has 0 aliphatic carbocycles. The number of nitrogens with zero attached hydrogens (tertiary/aromatic N) is 3. The van der Waals surface area contributed by atoms with E-state index in [2.05, 4.69) is 10.2 Å². The predicted molar refractivity (Wildman–Crippen MR) is 118 cm³/mol. The monoisotopic (exact) mass is 463 g/mol. The van der Waals surface area contributed by atoms with E-state index in [0.717, 1.165) is 5.56 Å². The number of para-hydroxylation sites is 1. The number of benzene rings is 3.